The summed E-state index contributed by atoms with van der Waals surface area (Å²) in [4.78, 5) is 17.2. The number of rotatable bonds is 5. The summed E-state index contributed by atoms with van der Waals surface area (Å²) in [5, 5.41) is 17.2. The van der Waals surface area contributed by atoms with E-state index in [1.807, 2.05) is 37.1 Å². The molecule has 0 aliphatic carbocycles. The van der Waals surface area contributed by atoms with Gasteiger partial charge >= 0.3 is 0 Å². The highest BCUT2D eigenvalue weighted by Gasteiger charge is 2.34. The molecule has 2 aromatic rings. The average molecular weight is 383 g/mol. The Morgan fingerprint density at radius 2 is 1.93 bits per heavy atom. The van der Waals surface area contributed by atoms with Gasteiger partial charge in [-0.25, -0.2) is 0 Å². The number of nitrogens with one attached hydrogen (secondary N) is 1. The highest BCUT2D eigenvalue weighted by atomic mass is 16.3. The number of carbonyl (C=O) groups excluding carboxylic acids is 1. The molecule has 2 saturated heterocycles. The summed E-state index contributed by atoms with van der Waals surface area (Å²) >= 11 is 0. The second-order valence-corrected chi connectivity index (χ2v) is 7.87. The van der Waals surface area contributed by atoms with E-state index >= 15 is 0 Å². The third kappa shape index (κ3) is 3.58. The molecule has 2 fully saturated rings. The third-order valence-corrected chi connectivity index (χ3v) is 5.91. The van der Waals surface area contributed by atoms with Crippen LogP contribution >= 0.6 is 0 Å². The lowest BCUT2D eigenvalue weighted by atomic mass is 9.97. The van der Waals surface area contributed by atoms with E-state index in [9.17, 15) is 9.90 Å². The smallest absolute Gasteiger partial charge is 0.250 e. The number of nitrogens with zero attached hydrogens (tertiary/aromatic N) is 4. The maximum atomic E-state index is 13.0. The van der Waals surface area contributed by atoms with E-state index < -0.39 is 0 Å². The maximum Gasteiger partial charge on any atom is 0.250 e. The van der Waals surface area contributed by atoms with Crippen LogP contribution in [0.2, 0.25) is 0 Å². The molecule has 2 aliphatic heterocycles. The monoisotopic (exact) mass is 383 g/mol. The molecule has 0 bridgehead atoms. The quantitative estimate of drug-likeness (QED) is 0.828. The lowest BCUT2D eigenvalue weighted by Crippen LogP contribution is -2.37. The van der Waals surface area contributed by atoms with Gasteiger partial charge in [0.05, 0.1) is 17.1 Å². The first-order chi connectivity index (χ1) is 13.6. The zero-order valence-electron chi connectivity index (χ0n) is 16.6. The number of anilines is 3. The minimum absolute atomic E-state index is 0.0943. The third-order valence-electron chi connectivity index (χ3n) is 5.91. The van der Waals surface area contributed by atoms with E-state index in [1.54, 1.807) is 4.68 Å². The number of piperidine rings is 1. The fraction of sp³-hybridized carbons (Fsp3) is 0.524. The SMILES string of the molecule is Cc1cc(N2CCC(Nc3ccccc3N3CCC(CO)CC3)C2=O)n(C)n1. The van der Waals surface area contributed by atoms with Gasteiger partial charge in [0.15, 0.2) is 0 Å². The number of para-hydroxylation sites is 2. The molecule has 1 aromatic carbocycles. The molecule has 2 aliphatic rings. The van der Waals surface area contributed by atoms with Gasteiger partial charge < -0.3 is 15.3 Å². The van der Waals surface area contributed by atoms with Crippen molar-refractivity contribution in [1.82, 2.24) is 9.78 Å². The van der Waals surface area contributed by atoms with Gasteiger partial charge in [0.2, 0.25) is 0 Å². The van der Waals surface area contributed by atoms with Gasteiger partial charge in [-0.2, -0.15) is 5.10 Å². The Kier molecular flexibility index (Phi) is 5.26. The lowest BCUT2D eigenvalue weighted by molar-refractivity contribution is -0.117. The Bertz CT molecular complexity index is 841. The Morgan fingerprint density at radius 3 is 2.61 bits per heavy atom. The van der Waals surface area contributed by atoms with Gasteiger partial charge in [-0.3, -0.25) is 14.4 Å². The van der Waals surface area contributed by atoms with Crippen LogP contribution in [0.5, 0.6) is 0 Å². The number of hydrogen-bond donors (Lipinski definition) is 2. The van der Waals surface area contributed by atoms with Gasteiger partial charge in [0.25, 0.3) is 5.91 Å². The molecule has 1 amide bonds. The number of aromatic nitrogens is 2. The van der Waals surface area contributed by atoms with E-state index in [0.29, 0.717) is 12.5 Å². The van der Waals surface area contributed by atoms with Crippen molar-refractivity contribution in [1.29, 1.82) is 0 Å². The Balaban J connectivity index is 1.48. The van der Waals surface area contributed by atoms with Crippen molar-refractivity contribution in [2.24, 2.45) is 13.0 Å². The molecule has 0 radical (unpaired) electrons. The fourth-order valence-electron chi connectivity index (χ4n) is 4.31. The number of aryl methyl sites for hydroxylation is 2. The van der Waals surface area contributed by atoms with Gasteiger partial charge in [-0.15, -0.1) is 0 Å². The van der Waals surface area contributed by atoms with Crippen LogP contribution in [0.25, 0.3) is 0 Å². The predicted octanol–water partition coefficient (Wildman–Crippen LogP) is 2.15. The minimum Gasteiger partial charge on any atom is -0.396 e. The van der Waals surface area contributed by atoms with E-state index in [-0.39, 0.29) is 18.6 Å². The Labute approximate surface area is 165 Å². The number of aliphatic hydroxyl groups excluding tert-OH is 1. The Morgan fingerprint density at radius 1 is 1.18 bits per heavy atom. The summed E-state index contributed by atoms with van der Waals surface area (Å²) in [7, 11) is 1.88. The first kappa shape index (κ1) is 18.8. The largest absolute Gasteiger partial charge is 0.396 e. The number of benzene rings is 1. The summed E-state index contributed by atoms with van der Waals surface area (Å²) in [5.41, 5.74) is 3.06. The second-order valence-electron chi connectivity index (χ2n) is 7.87. The molecular formula is C21H29N5O2. The molecule has 3 heterocycles. The van der Waals surface area contributed by atoms with Crippen molar-refractivity contribution in [2.75, 3.05) is 41.4 Å². The van der Waals surface area contributed by atoms with Crippen LogP contribution in [0, 0.1) is 12.8 Å². The van der Waals surface area contributed by atoms with Crippen LogP contribution in [-0.2, 0) is 11.8 Å². The first-order valence-electron chi connectivity index (χ1n) is 10.1. The van der Waals surface area contributed by atoms with E-state index in [0.717, 1.165) is 55.2 Å². The zero-order valence-corrected chi connectivity index (χ0v) is 16.6. The van der Waals surface area contributed by atoms with E-state index in [1.165, 1.54) is 0 Å². The highest BCUT2D eigenvalue weighted by Crippen LogP contribution is 2.32. The molecule has 28 heavy (non-hydrogen) atoms. The molecule has 7 heteroatoms. The second kappa shape index (κ2) is 7.83. The van der Waals surface area contributed by atoms with Crippen LogP contribution in [0.3, 0.4) is 0 Å². The normalized spacial score (nSPS) is 20.8. The maximum absolute atomic E-state index is 13.0. The van der Waals surface area contributed by atoms with Crippen LogP contribution in [0.15, 0.2) is 30.3 Å². The first-order valence-corrected chi connectivity index (χ1v) is 10.1. The summed E-state index contributed by atoms with van der Waals surface area (Å²) in [6.07, 6.45) is 2.77. The predicted molar refractivity (Wildman–Crippen MR) is 111 cm³/mol. The summed E-state index contributed by atoms with van der Waals surface area (Å²) in [6.45, 7) is 4.77. The summed E-state index contributed by atoms with van der Waals surface area (Å²) < 4.78 is 1.77. The van der Waals surface area contributed by atoms with Gasteiger partial charge in [-0.1, -0.05) is 12.1 Å². The molecule has 4 rings (SSSR count). The van der Waals surface area contributed by atoms with Crippen molar-refractivity contribution in [3.8, 4) is 0 Å². The Hall–Kier alpha value is -2.54. The minimum atomic E-state index is -0.230. The molecule has 1 unspecified atom stereocenters. The number of aliphatic hydroxyl groups is 1. The molecule has 0 spiro atoms. The van der Waals surface area contributed by atoms with Crippen molar-refractivity contribution in [3.05, 3.63) is 36.0 Å². The van der Waals surface area contributed by atoms with E-state index in [4.69, 9.17) is 0 Å². The van der Waals surface area contributed by atoms with Crippen molar-refractivity contribution in [2.45, 2.75) is 32.2 Å². The number of carbonyl (C=O) groups is 1. The van der Waals surface area contributed by atoms with Crippen LogP contribution in [-0.4, -0.2) is 53.1 Å². The molecule has 2 N–H and O–H groups in total. The van der Waals surface area contributed by atoms with Crippen LogP contribution < -0.4 is 15.1 Å². The average Bonchev–Trinajstić information content (AvgIpc) is 3.23. The topological polar surface area (TPSA) is 73.6 Å². The van der Waals surface area contributed by atoms with Gasteiger partial charge in [-0.05, 0) is 44.2 Å². The number of amides is 1. The standard InChI is InChI=1S/C21H29N5O2/c1-15-13-20(24(2)23-15)26-12-9-18(21(26)28)22-17-5-3-4-6-19(17)25-10-7-16(14-27)8-11-25/h3-6,13,16,18,22,27H,7-12,14H2,1-2H3. The molecule has 150 valence electrons. The van der Waals surface area contributed by atoms with Crippen LogP contribution in [0.4, 0.5) is 17.2 Å². The highest BCUT2D eigenvalue weighted by molar-refractivity contribution is 6.00. The molecule has 1 atom stereocenters. The van der Waals surface area contributed by atoms with Crippen molar-refractivity contribution in [3.63, 3.8) is 0 Å². The van der Waals surface area contributed by atoms with Gasteiger partial charge in [0.1, 0.15) is 11.9 Å². The molecular weight excluding hydrogens is 354 g/mol. The fourth-order valence-corrected chi connectivity index (χ4v) is 4.31. The summed E-state index contributed by atoms with van der Waals surface area (Å²) in [6, 6.07) is 9.94. The molecule has 0 saturated carbocycles. The van der Waals surface area contributed by atoms with Crippen LogP contribution in [0.1, 0.15) is 25.0 Å². The lowest BCUT2D eigenvalue weighted by Gasteiger charge is -2.34. The molecule has 7 nitrogen and oxygen atoms in total. The van der Waals surface area contributed by atoms with Crippen molar-refractivity contribution >= 4 is 23.1 Å². The number of hydrogen-bond acceptors (Lipinski definition) is 5. The van der Waals surface area contributed by atoms with Crippen molar-refractivity contribution < 1.29 is 9.90 Å². The molecule has 1 aromatic heterocycles. The van der Waals surface area contributed by atoms with Gasteiger partial charge in [0, 0.05) is 39.4 Å². The zero-order chi connectivity index (χ0) is 19.7. The van der Waals surface area contributed by atoms with E-state index in [2.05, 4.69) is 27.4 Å². The summed E-state index contributed by atoms with van der Waals surface area (Å²) in [5.74, 6) is 1.35.